The minimum Gasteiger partial charge on any atom is -0.449 e. The first kappa shape index (κ1) is 21.7. The maximum atomic E-state index is 12.2. The zero-order valence-corrected chi connectivity index (χ0v) is 16.8. The predicted molar refractivity (Wildman–Crippen MR) is 111 cm³/mol. The molecule has 0 heterocycles. The summed E-state index contributed by atoms with van der Waals surface area (Å²) in [7, 11) is 0. The summed E-state index contributed by atoms with van der Waals surface area (Å²) in [6.45, 7) is -0.0183. The molecule has 0 fully saturated rings. The summed E-state index contributed by atoms with van der Waals surface area (Å²) in [6.07, 6.45) is -6.59. The van der Waals surface area contributed by atoms with E-state index >= 15 is 0 Å². The van der Waals surface area contributed by atoms with Crippen molar-refractivity contribution in [1.29, 1.82) is 0 Å². The minimum absolute atomic E-state index is 0.0840. The van der Waals surface area contributed by atoms with Gasteiger partial charge in [-0.2, -0.15) is 0 Å². The molecule has 0 radical (unpaired) electrons. The molecule has 32 heavy (non-hydrogen) atoms. The molecular weight excluding hydrogens is 423 g/mol. The van der Waals surface area contributed by atoms with Crippen LogP contribution in [0.3, 0.4) is 0 Å². The Labute approximate surface area is 182 Å². The summed E-state index contributed by atoms with van der Waals surface area (Å²) in [5.41, 5.74) is 4.74. The van der Waals surface area contributed by atoms with Crippen molar-refractivity contribution in [2.24, 2.45) is 0 Å². The van der Waals surface area contributed by atoms with Crippen molar-refractivity contribution in [3.05, 3.63) is 89.5 Å². The van der Waals surface area contributed by atoms with Gasteiger partial charge in [0.2, 0.25) is 0 Å². The maximum Gasteiger partial charge on any atom is 0.573 e. The van der Waals surface area contributed by atoms with Crippen LogP contribution in [-0.4, -0.2) is 30.7 Å². The normalized spacial score (nSPS) is 13.8. The molecule has 3 aromatic rings. The number of halogens is 3. The largest absolute Gasteiger partial charge is 0.573 e. The topological polar surface area (TPSA) is 67.8 Å². The quantitative estimate of drug-likeness (QED) is 0.553. The number of hydrogen-bond acceptors (Lipinski definition) is 4. The van der Waals surface area contributed by atoms with E-state index in [1.807, 2.05) is 48.5 Å². The summed E-state index contributed by atoms with van der Waals surface area (Å²) in [4.78, 5) is 12.2. The number of fused-ring (bicyclic) bond motifs is 3. The van der Waals surface area contributed by atoms with Gasteiger partial charge in [0.25, 0.3) is 0 Å². The molecule has 3 aromatic carbocycles. The van der Waals surface area contributed by atoms with E-state index in [0.29, 0.717) is 5.56 Å². The van der Waals surface area contributed by atoms with Crippen LogP contribution in [0.2, 0.25) is 0 Å². The van der Waals surface area contributed by atoms with Gasteiger partial charge in [-0.15, -0.1) is 13.2 Å². The molecule has 0 saturated carbocycles. The van der Waals surface area contributed by atoms with Crippen molar-refractivity contribution in [1.82, 2.24) is 5.32 Å². The fourth-order valence-electron chi connectivity index (χ4n) is 3.84. The van der Waals surface area contributed by atoms with E-state index in [4.69, 9.17) is 4.74 Å². The van der Waals surface area contributed by atoms with E-state index in [1.54, 1.807) is 0 Å². The SMILES string of the molecule is O=C(NCC(O)c1ccc(OC(F)(F)F)cc1)OCC1c2ccccc2-c2ccccc21. The standard InChI is InChI=1S/C24H20F3NO4/c25-24(26,27)32-16-11-9-15(10-12-16)22(29)13-28-23(30)31-14-21-19-7-3-1-5-17(19)18-6-2-4-8-20(18)21/h1-12,21-22,29H,13-14H2,(H,28,30). The Balaban J connectivity index is 1.31. The van der Waals surface area contributed by atoms with E-state index in [2.05, 4.69) is 10.1 Å². The Bertz CT molecular complexity index is 1050. The lowest BCUT2D eigenvalue weighted by atomic mass is 9.98. The van der Waals surface area contributed by atoms with Crippen molar-refractivity contribution >= 4 is 6.09 Å². The average Bonchev–Trinajstić information content (AvgIpc) is 3.09. The molecule has 1 unspecified atom stereocenters. The highest BCUT2D eigenvalue weighted by molar-refractivity contribution is 5.79. The van der Waals surface area contributed by atoms with Gasteiger partial charge in [-0.25, -0.2) is 4.79 Å². The molecule has 0 aliphatic heterocycles. The summed E-state index contributed by atoms with van der Waals surface area (Å²) in [5, 5.41) is 12.7. The third-order valence-corrected chi connectivity index (χ3v) is 5.28. The van der Waals surface area contributed by atoms with Gasteiger partial charge in [0, 0.05) is 5.92 Å². The van der Waals surface area contributed by atoms with Crippen LogP contribution in [-0.2, 0) is 4.74 Å². The lowest BCUT2D eigenvalue weighted by Crippen LogP contribution is -2.30. The second kappa shape index (κ2) is 8.92. The van der Waals surface area contributed by atoms with Crippen molar-refractivity contribution < 1.29 is 32.5 Å². The van der Waals surface area contributed by atoms with Crippen LogP contribution in [0.5, 0.6) is 5.75 Å². The van der Waals surface area contributed by atoms with E-state index in [0.717, 1.165) is 34.4 Å². The second-order valence-corrected chi connectivity index (χ2v) is 7.34. The first-order chi connectivity index (χ1) is 15.3. The van der Waals surface area contributed by atoms with Gasteiger partial charge >= 0.3 is 12.5 Å². The molecule has 1 amide bonds. The summed E-state index contributed by atoms with van der Waals surface area (Å²) >= 11 is 0. The fraction of sp³-hybridized carbons (Fsp3) is 0.208. The first-order valence-electron chi connectivity index (χ1n) is 9.94. The van der Waals surface area contributed by atoms with Gasteiger partial charge < -0.3 is 19.9 Å². The maximum absolute atomic E-state index is 12.2. The number of benzene rings is 3. The van der Waals surface area contributed by atoms with Gasteiger partial charge in [-0.05, 0) is 39.9 Å². The molecule has 5 nitrogen and oxygen atoms in total. The molecule has 0 spiro atoms. The van der Waals surface area contributed by atoms with Crippen molar-refractivity contribution in [2.75, 3.05) is 13.2 Å². The van der Waals surface area contributed by atoms with Gasteiger partial charge in [0.05, 0.1) is 12.6 Å². The Hall–Kier alpha value is -3.52. The van der Waals surface area contributed by atoms with Gasteiger partial charge in [0.15, 0.2) is 0 Å². The van der Waals surface area contributed by atoms with E-state index in [-0.39, 0.29) is 19.1 Å². The fourth-order valence-corrected chi connectivity index (χ4v) is 3.84. The molecule has 8 heteroatoms. The molecule has 1 aliphatic rings. The lowest BCUT2D eigenvalue weighted by Gasteiger charge is -2.16. The number of aliphatic hydroxyl groups excluding tert-OH is 1. The number of carbonyl (C=O) groups excluding carboxylic acids is 1. The van der Waals surface area contributed by atoms with Crippen LogP contribution < -0.4 is 10.1 Å². The van der Waals surface area contributed by atoms with Gasteiger partial charge in [0.1, 0.15) is 12.4 Å². The molecule has 2 N–H and O–H groups in total. The highest BCUT2D eigenvalue weighted by atomic mass is 19.4. The molecule has 1 atom stereocenters. The van der Waals surface area contributed by atoms with Gasteiger partial charge in [-0.1, -0.05) is 60.7 Å². The molecule has 0 saturated heterocycles. The van der Waals surface area contributed by atoms with E-state index < -0.39 is 24.3 Å². The Morgan fingerprint density at radius 1 is 0.938 bits per heavy atom. The van der Waals surface area contributed by atoms with Crippen molar-refractivity contribution in [2.45, 2.75) is 18.4 Å². The molecular formula is C24H20F3NO4. The number of hydrogen-bond donors (Lipinski definition) is 2. The van der Waals surface area contributed by atoms with Gasteiger partial charge in [-0.3, -0.25) is 0 Å². The second-order valence-electron chi connectivity index (χ2n) is 7.34. The zero-order chi connectivity index (χ0) is 22.7. The van der Waals surface area contributed by atoms with Crippen molar-refractivity contribution in [3.8, 4) is 16.9 Å². The van der Waals surface area contributed by atoms with Crippen molar-refractivity contribution in [3.63, 3.8) is 0 Å². The molecule has 166 valence electrons. The van der Waals surface area contributed by atoms with Crippen LogP contribution in [0, 0.1) is 0 Å². The van der Waals surface area contributed by atoms with Crippen LogP contribution in [0.25, 0.3) is 11.1 Å². The number of amides is 1. The Kier molecular flexibility index (Phi) is 6.05. The smallest absolute Gasteiger partial charge is 0.449 e. The Morgan fingerprint density at radius 2 is 1.50 bits per heavy atom. The van der Waals surface area contributed by atoms with Crippen LogP contribution in [0.15, 0.2) is 72.8 Å². The van der Waals surface area contributed by atoms with Crippen LogP contribution in [0.4, 0.5) is 18.0 Å². The number of nitrogens with one attached hydrogen (secondary N) is 1. The van der Waals surface area contributed by atoms with Crippen LogP contribution >= 0.6 is 0 Å². The minimum atomic E-state index is -4.79. The Morgan fingerprint density at radius 3 is 2.06 bits per heavy atom. The molecule has 1 aliphatic carbocycles. The lowest BCUT2D eigenvalue weighted by molar-refractivity contribution is -0.274. The average molecular weight is 443 g/mol. The summed E-state index contributed by atoms with van der Waals surface area (Å²) < 4.78 is 45.9. The number of alkyl carbamates (subject to hydrolysis) is 1. The molecule has 4 rings (SSSR count). The summed E-state index contributed by atoms with van der Waals surface area (Å²) in [5.74, 6) is -0.475. The monoisotopic (exact) mass is 443 g/mol. The number of carbonyl (C=O) groups is 1. The zero-order valence-electron chi connectivity index (χ0n) is 16.8. The molecule has 0 bridgehead atoms. The van der Waals surface area contributed by atoms with E-state index in [1.165, 1.54) is 12.1 Å². The highest BCUT2D eigenvalue weighted by Gasteiger charge is 2.31. The predicted octanol–water partition coefficient (Wildman–Crippen LogP) is 5.16. The first-order valence-corrected chi connectivity index (χ1v) is 9.94. The number of rotatable bonds is 6. The van der Waals surface area contributed by atoms with E-state index in [9.17, 15) is 23.1 Å². The number of aliphatic hydroxyl groups is 1. The number of alkyl halides is 3. The third-order valence-electron chi connectivity index (χ3n) is 5.28. The van der Waals surface area contributed by atoms with Crippen LogP contribution in [0.1, 0.15) is 28.7 Å². The molecule has 0 aromatic heterocycles. The number of ether oxygens (including phenoxy) is 2. The highest BCUT2D eigenvalue weighted by Crippen LogP contribution is 2.44. The summed E-state index contributed by atoms with van der Waals surface area (Å²) in [6, 6.07) is 20.7. The third kappa shape index (κ3) is 4.86.